The van der Waals surface area contributed by atoms with E-state index in [2.05, 4.69) is 9.89 Å². The van der Waals surface area contributed by atoms with Crippen LogP contribution in [0, 0.1) is 0 Å². The van der Waals surface area contributed by atoms with Crippen molar-refractivity contribution in [3.05, 3.63) is 0 Å². The van der Waals surface area contributed by atoms with Gasteiger partial charge in [-0.25, -0.2) is 0 Å². The first-order chi connectivity index (χ1) is 4.34. The fourth-order valence-electron chi connectivity index (χ4n) is 1.02. The van der Waals surface area contributed by atoms with Crippen LogP contribution in [0.15, 0.2) is 4.99 Å². The third kappa shape index (κ3) is 1.42. The maximum Gasteiger partial charge on any atom is 0.0959 e. The van der Waals surface area contributed by atoms with Crippen LogP contribution in [-0.4, -0.2) is 36.9 Å². The number of amidine groups is 1. The van der Waals surface area contributed by atoms with Crippen LogP contribution >= 0.6 is 0 Å². The van der Waals surface area contributed by atoms with Crippen molar-refractivity contribution < 1.29 is 0 Å². The molecule has 9 heavy (non-hydrogen) atoms. The van der Waals surface area contributed by atoms with Crippen molar-refractivity contribution in [1.82, 2.24) is 4.90 Å². The van der Waals surface area contributed by atoms with E-state index < -0.39 is 0 Å². The summed E-state index contributed by atoms with van der Waals surface area (Å²) in [6.45, 7) is 5.72. The van der Waals surface area contributed by atoms with Gasteiger partial charge in [0.05, 0.1) is 12.4 Å². The fraction of sp³-hybridized carbons (Fsp3) is 0.833. The second-order valence-electron chi connectivity index (χ2n) is 2.20. The highest BCUT2D eigenvalue weighted by atomic mass is 15.2. The fourth-order valence-corrected chi connectivity index (χ4v) is 1.02. The van der Waals surface area contributed by atoms with Crippen molar-refractivity contribution in [1.29, 1.82) is 0 Å². The number of hydrogen-bond acceptors (Lipinski definition) is 3. The van der Waals surface area contributed by atoms with Crippen molar-refractivity contribution in [3.8, 4) is 0 Å². The van der Waals surface area contributed by atoms with Crippen LogP contribution in [0.4, 0.5) is 0 Å². The standard InChI is InChI=1S/C6H13N3/c1-6-8-3-5-9(6)4-2-7/h2-5,7H2,1H3. The van der Waals surface area contributed by atoms with Gasteiger partial charge in [-0.1, -0.05) is 0 Å². The van der Waals surface area contributed by atoms with E-state index in [0.717, 1.165) is 32.0 Å². The predicted octanol–water partition coefficient (Wildman–Crippen LogP) is -0.321. The van der Waals surface area contributed by atoms with Crippen molar-refractivity contribution >= 4 is 5.84 Å². The van der Waals surface area contributed by atoms with Crippen LogP contribution in [0.5, 0.6) is 0 Å². The molecule has 0 aromatic rings. The molecule has 1 aliphatic rings. The molecule has 0 saturated heterocycles. The molecule has 2 N–H and O–H groups in total. The van der Waals surface area contributed by atoms with E-state index in [0.29, 0.717) is 0 Å². The number of hydrogen-bond donors (Lipinski definition) is 1. The molecule has 0 unspecified atom stereocenters. The van der Waals surface area contributed by atoms with E-state index in [1.54, 1.807) is 0 Å². The largest absolute Gasteiger partial charge is 0.357 e. The summed E-state index contributed by atoms with van der Waals surface area (Å²) in [5.74, 6) is 1.14. The van der Waals surface area contributed by atoms with Gasteiger partial charge in [-0.15, -0.1) is 0 Å². The molecule has 1 aliphatic heterocycles. The lowest BCUT2D eigenvalue weighted by molar-refractivity contribution is 0.466. The molecule has 0 fully saturated rings. The van der Waals surface area contributed by atoms with Crippen LogP contribution in [0.3, 0.4) is 0 Å². The number of aliphatic imine (C=N–C) groups is 1. The SMILES string of the molecule is CC1=NCCN1CCN. The molecule has 0 amide bonds. The minimum Gasteiger partial charge on any atom is -0.357 e. The van der Waals surface area contributed by atoms with E-state index in [9.17, 15) is 0 Å². The van der Waals surface area contributed by atoms with Crippen LogP contribution in [0.25, 0.3) is 0 Å². The first-order valence-electron chi connectivity index (χ1n) is 3.30. The van der Waals surface area contributed by atoms with Crippen molar-refractivity contribution in [2.24, 2.45) is 10.7 Å². The molecule has 0 bridgehead atoms. The molecule has 0 saturated carbocycles. The van der Waals surface area contributed by atoms with Crippen molar-refractivity contribution in [3.63, 3.8) is 0 Å². The van der Waals surface area contributed by atoms with Gasteiger partial charge in [0.2, 0.25) is 0 Å². The Hall–Kier alpha value is -0.570. The van der Waals surface area contributed by atoms with Gasteiger partial charge in [-0.05, 0) is 6.92 Å². The lowest BCUT2D eigenvalue weighted by Gasteiger charge is -2.15. The maximum atomic E-state index is 5.37. The lowest BCUT2D eigenvalue weighted by atomic mass is 10.5. The van der Waals surface area contributed by atoms with Crippen LogP contribution < -0.4 is 5.73 Å². The molecule has 0 aliphatic carbocycles. The monoisotopic (exact) mass is 127 g/mol. The van der Waals surface area contributed by atoms with Gasteiger partial charge in [-0.2, -0.15) is 0 Å². The molecule has 1 heterocycles. The van der Waals surface area contributed by atoms with Crippen molar-refractivity contribution in [2.75, 3.05) is 26.2 Å². The Morgan fingerprint density at radius 2 is 2.56 bits per heavy atom. The van der Waals surface area contributed by atoms with Crippen LogP contribution in [0.2, 0.25) is 0 Å². The average Bonchev–Trinajstić information content (AvgIpc) is 2.18. The summed E-state index contributed by atoms with van der Waals surface area (Å²) in [5, 5.41) is 0. The molecule has 1 rings (SSSR count). The van der Waals surface area contributed by atoms with E-state index in [1.165, 1.54) is 0 Å². The zero-order valence-electron chi connectivity index (χ0n) is 5.80. The first-order valence-corrected chi connectivity index (χ1v) is 3.30. The Morgan fingerprint density at radius 1 is 1.78 bits per heavy atom. The summed E-state index contributed by atoms with van der Waals surface area (Å²) in [6, 6.07) is 0. The highest BCUT2D eigenvalue weighted by Crippen LogP contribution is 1.98. The molecule has 0 spiro atoms. The number of rotatable bonds is 2. The zero-order valence-corrected chi connectivity index (χ0v) is 5.80. The second-order valence-corrected chi connectivity index (χ2v) is 2.20. The summed E-state index contributed by atoms with van der Waals surface area (Å²) in [6.07, 6.45) is 0. The average molecular weight is 127 g/mol. The quantitative estimate of drug-likeness (QED) is 0.552. The van der Waals surface area contributed by atoms with E-state index in [-0.39, 0.29) is 0 Å². The third-order valence-electron chi connectivity index (χ3n) is 1.57. The highest BCUT2D eigenvalue weighted by molar-refractivity contribution is 5.81. The van der Waals surface area contributed by atoms with Crippen molar-refractivity contribution in [2.45, 2.75) is 6.92 Å². The Bertz CT molecular complexity index is 119. The van der Waals surface area contributed by atoms with Gasteiger partial charge in [-0.3, -0.25) is 4.99 Å². The molecule has 0 aromatic heterocycles. The predicted molar refractivity (Wildman–Crippen MR) is 38.6 cm³/mol. The summed E-state index contributed by atoms with van der Waals surface area (Å²) in [7, 11) is 0. The Balaban J connectivity index is 2.34. The number of nitrogens with zero attached hydrogens (tertiary/aromatic N) is 2. The Morgan fingerprint density at radius 3 is 3.00 bits per heavy atom. The lowest BCUT2D eigenvalue weighted by Crippen LogP contribution is -2.30. The van der Waals surface area contributed by atoms with Gasteiger partial charge in [0.15, 0.2) is 0 Å². The summed E-state index contributed by atoms with van der Waals surface area (Å²) < 4.78 is 0. The Kier molecular flexibility index (Phi) is 2.05. The summed E-state index contributed by atoms with van der Waals surface area (Å²) >= 11 is 0. The zero-order chi connectivity index (χ0) is 6.69. The van der Waals surface area contributed by atoms with Crippen LogP contribution in [-0.2, 0) is 0 Å². The van der Waals surface area contributed by atoms with E-state index in [4.69, 9.17) is 5.73 Å². The third-order valence-corrected chi connectivity index (χ3v) is 1.57. The normalized spacial score (nSPS) is 18.4. The first kappa shape index (κ1) is 6.55. The van der Waals surface area contributed by atoms with Crippen LogP contribution in [0.1, 0.15) is 6.92 Å². The molecular weight excluding hydrogens is 114 g/mol. The smallest absolute Gasteiger partial charge is 0.0959 e. The van der Waals surface area contributed by atoms with Gasteiger partial charge in [0.1, 0.15) is 0 Å². The molecular formula is C6H13N3. The van der Waals surface area contributed by atoms with Gasteiger partial charge in [0, 0.05) is 19.6 Å². The minimum absolute atomic E-state index is 0.729. The maximum absolute atomic E-state index is 5.37. The van der Waals surface area contributed by atoms with Gasteiger partial charge in [0.25, 0.3) is 0 Å². The second kappa shape index (κ2) is 2.82. The van der Waals surface area contributed by atoms with E-state index in [1.807, 2.05) is 6.92 Å². The molecule has 3 heteroatoms. The van der Waals surface area contributed by atoms with Gasteiger partial charge >= 0.3 is 0 Å². The Labute approximate surface area is 55.6 Å². The summed E-state index contributed by atoms with van der Waals surface area (Å²) in [4.78, 5) is 6.43. The minimum atomic E-state index is 0.729. The molecule has 0 aromatic carbocycles. The van der Waals surface area contributed by atoms with Gasteiger partial charge < -0.3 is 10.6 Å². The highest BCUT2D eigenvalue weighted by Gasteiger charge is 2.09. The van der Waals surface area contributed by atoms with E-state index >= 15 is 0 Å². The molecule has 52 valence electrons. The summed E-state index contributed by atoms with van der Waals surface area (Å²) in [5.41, 5.74) is 5.37. The number of nitrogens with two attached hydrogens (primary N) is 1. The topological polar surface area (TPSA) is 41.6 Å². The molecule has 3 nitrogen and oxygen atoms in total. The molecule has 0 radical (unpaired) electrons. The molecule has 0 atom stereocenters.